The van der Waals surface area contributed by atoms with Crippen LogP contribution in [0.15, 0.2) is 0 Å². The Bertz CT molecular complexity index is 505. The number of nitrogens with one attached hydrogen (secondary N) is 1. The van der Waals surface area contributed by atoms with E-state index < -0.39 is 18.9 Å². The van der Waals surface area contributed by atoms with Crippen LogP contribution in [0.25, 0.3) is 0 Å². The summed E-state index contributed by atoms with van der Waals surface area (Å²) in [4.78, 5) is 13.6. The first-order valence-electron chi connectivity index (χ1n) is 7.74. The third kappa shape index (κ3) is 4.84. The molecule has 0 spiro atoms. The number of alkyl halides is 2. The Hall–Kier alpha value is -1.28. The molecule has 2 heterocycles. The van der Waals surface area contributed by atoms with Crippen molar-refractivity contribution in [2.24, 2.45) is 0 Å². The highest BCUT2D eigenvalue weighted by Crippen LogP contribution is 2.21. The van der Waals surface area contributed by atoms with Gasteiger partial charge in [0.15, 0.2) is 5.69 Å². The predicted octanol–water partition coefficient (Wildman–Crippen LogP) is 2.05. The van der Waals surface area contributed by atoms with Crippen molar-refractivity contribution in [3.63, 3.8) is 0 Å². The monoisotopic (exact) mass is 351 g/mol. The van der Waals surface area contributed by atoms with Crippen LogP contribution < -0.4 is 5.32 Å². The number of piperidine rings is 1. The van der Waals surface area contributed by atoms with Crippen molar-refractivity contribution in [2.75, 3.05) is 26.2 Å². The van der Waals surface area contributed by atoms with Crippen molar-refractivity contribution >= 4 is 18.3 Å². The molecule has 0 atom stereocenters. The molecule has 2 rings (SSSR count). The lowest BCUT2D eigenvalue weighted by atomic mass is 10.1. The molecule has 1 aliphatic rings. The molecule has 132 valence electrons. The normalized spacial score (nSPS) is 15.5. The number of nitrogens with zero attached hydrogens (tertiary/aromatic N) is 4. The summed E-state index contributed by atoms with van der Waals surface area (Å²) in [6.07, 6.45) is -0.0728. The number of halogens is 3. The third-order valence-electron chi connectivity index (χ3n) is 3.92. The van der Waals surface area contributed by atoms with Crippen molar-refractivity contribution < 1.29 is 13.6 Å². The molecule has 1 N–H and O–H groups in total. The van der Waals surface area contributed by atoms with E-state index in [0.717, 1.165) is 30.8 Å². The summed E-state index contributed by atoms with van der Waals surface area (Å²) in [6, 6.07) is 0.213. The van der Waals surface area contributed by atoms with Crippen molar-refractivity contribution in [3.05, 3.63) is 11.4 Å². The average molecular weight is 352 g/mol. The Kier molecular flexibility index (Phi) is 7.84. The van der Waals surface area contributed by atoms with Gasteiger partial charge in [-0.1, -0.05) is 12.1 Å². The maximum atomic E-state index is 12.6. The van der Waals surface area contributed by atoms with E-state index in [4.69, 9.17) is 0 Å². The third-order valence-corrected chi connectivity index (χ3v) is 3.92. The van der Waals surface area contributed by atoms with E-state index in [1.807, 2.05) is 6.92 Å². The largest absolute Gasteiger partial charge is 0.331 e. The van der Waals surface area contributed by atoms with E-state index in [1.165, 1.54) is 0 Å². The number of amides is 1. The molecule has 0 aromatic carbocycles. The number of aromatic nitrogens is 3. The molecular formula is C14H24ClF2N5O. The molecule has 1 aliphatic heterocycles. The molecule has 0 radical (unpaired) electrons. The SMILES string of the molecule is CCCN(CC(F)F)C(=O)c1nnn(C2CCNCC2)c1C.Cl. The fourth-order valence-electron chi connectivity index (χ4n) is 2.80. The Labute approximate surface area is 141 Å². The van der Waals surface area contributed by atoms with Gasteiger partial charge in [-0.25, -0.2) is 13.5 Å². The summed E-state index contributed by atoms with van der Waals surface area (Å²) in [7, 11) is 0. The van der Waals surface area contributed by atoms with Crippen molar-refractivity contribution in [2.45, 2.75) is 45.6 Å². The molecule has 23 heavy (non-hydrogen) atoms. The van der Waals surface area contributed by atoms with Gasteiger partial charge in [-0.2, -0.15) is 0 Å². The van der Waals surface area contributed by atoms with Gasteiger partial charge in [0.2, 0.25) is 0 Å². The van der Waals surface area contributed by atoms with E-state index >= 15 is 0 Å². The van der Waals surface area contributed by atoms with Crippen LogP contribution in [0.1, 0.15) is 48.4 Å². The average Bonchev–Trinajstić information content (AvgIpc) is 2.88. The van der Waals surface area contributed by atoms with Crippen LogP contribution in [-0.4, -0.2) is 58.4 Å². The van der Waals surface area contributed by atoms with Crippen LogP contribution >= 0.6 is 12.4 Å². The number of rotatable bonds is 6. The van der Waals surface area contributed by atoms with E-state index in [9.17, 15) is 13.6 Å². The zero-order chi connectivity index (χ0) is 16.1. The van der Waals surface area contributed by atoms with Gasteiger partial charge in [0.05, 0.1) is 18.3 Å². The number of hydrogen-bond acceptors (Lipinski definition) is 4. The molecule has 9 heteroatoms. The molecule has 0 unspecified atom stereocenters. The van der Waals surface area contributed by atoms with Gasteiger partial charge in [-0.3, -0.25) is 4.79 Å². The molecule has 6 nitrogen and oxygen atoms in total. The first-order valence-corrected chi connectivity index (χ1v) is 7.74. The van der Waals surface area contributed by atoms with Gasteiger partial charge in [0.1, 0.15) is 0 Å². The minimum atomic E-state index is -2.55. The second kappa shape index (κ2) is 9.12. The molecule has 0 saturated carbocycles. The molecule has 1 aromatic heterocycles. The maximum Gasteiger partial charge on any atom is 0.276 e. The summed E-state index contributed by atoms with van der Waals surface area (Å²) in [5, 5.41) is 11.3. The van der Waals surface area contributed by atoms with Crippen LogP contribution in [0.5, 0.6) is 0 Å². The van der Waals surface area contributed by atoms with Crippen LogP contribution in [0.2, 0.25) is 0 Å². The first-order chi connectivity index (χ1) is 10.5. The molecular weight excluding hydrogens is 328 g/mol. The van der Waals surface area contributed by atoms with Gasteiger partial charge >= 0.3 is 0 Å². The minimum Gasteiger partial charge on any atom is -0.331 e. The van der Waals surface area contributed by atoms with Gasteiger partial charge < -0.3 is 10.2 Å². The topological polar surface area (TPSA) is 63.1 Å². The number of carbonyl (C=O) groups is 1. The maximum absolute atomic E-state index is 12.6. The highest BCUT2D eigenvalue weighted by Gasteiger charge is 2.26. The quantitative estimate of drug-likeness (QED) is 0.852. The second-order valence-corrected chi connectivity index (χ2v) is 5.59. The zero-order valence-corrected chi connectivity index (χ0v) is 14.3. The van der Waals surface area contributed by atoms with Crippen LogP contribution in [0.4, 0.5) is 8.78 Å². The molecule has 0 aliphatic carbocycles. The summed E-state index contributed by atoms with van der Waals surface area (Å²) in [5.74, 6) is -0.458. The Balaban J connectivity index is 0.00000264. The van der Waals surface area contributed by atoms with E-state index in [1.54, 1.807) is 11.6 Å². The first kappa shape index (κ1) is 19.8. The van der Waals surface area contributed by atoms with E-state index in [-0.39, 0.29) is 24.1 Å². The Morgan fingerprint density at radius 2 is 2.09 bits per heavy atom. The van der Waals surface area contributed by atoms with E-state index in [0.29, 0.717) is 18.7 Å². The highest BCUT2D eigenvalue weighted by molar-refractivity contribution is 5.93. The summed E-state index contributed by atoms with van der Waals surface area (Å²) < 4.78 is 27.0. The Morgan fingerprint density at radius 1 is 1.43 bits per heavy atom. The number of hydrogen-bond donors (Lipinski definition) is 1. The summed E-state index contributed by atoms with van der Waals surface area (Å²) in [6.45, 7) is 5.17. The summed E-state index contributed by atoms with van der Waals surface area (Å²) in [5.41, 5.74) is 0.847. The van der Waals surface area contributed by atoms with Crippen LogP contribution in [-0.2, 0) is 0 Å². The highest BCUT2D eigenvalue weighted by atomic mass is 35.5. The summed E-state index contributed by atoms with van der Waals surface area (Å²) >= 11 is 0. The Morgan fingerprint density at radius 3 is 2.65 bits per heavy atom. The lowest BCUT2D eigenvalue weighted by molar-refractivity contribution is 0.0549. The van der Waals surface area contributed by atoms with Gasteiger partial charge in [-0.15, -0.1) is 17.5 Å². The molecule has 0 bridgehead atoms. The van der Waals surface area contributed by atoms with Crippen molar-refractivity contribution in [3.8, 4) is 0 Å². The fourth-order valence-corrected chi connectivity index (χ4v) is 2.80. The fraction of sp³-hybridized carbons (Fsp3) is 0.786. The van der Waals surface area contributed by atoms with Gasteiger partial charge in [0, 0.05) is 6.54 Å². The standard InChI is InChI=1S/C14H23F2N5O.ClH/c1-3-8-20(9-12(15)16)14(22)13-10(2)21(19-18-13)11-4-6-17-7-5-11;/h11-12,17H,3-9H2,1-2H3;1H. The second-order valence-electron chi connectivity index (χ2n) is 5.59. The van der Waals surface area contributed by atoms with Crippen molar-refractivity contribution in [1.29, 1.82) is 0 Å². The minimum absolute atomic E-state index is 0. The lowest BCUT2D eigenvalue weighted by Crippen LogP contribution is -2.36. The van der Waals surface area contributed by atoms with Gasteiger partial charge in [-0.05, 0) is 39.3 Å². The predicted molar refractivity (Wildman–Crippen MR) is 85.3 cm³/mol. The van der Waals surface area contributed by atoms with Crippen LogP contribution in [0, 0.1) is 6.92 Å². The van der Waals surface area contributed by atoms with E-state index in [2.05, 4.69) is 15.6 Å². The zero-order valence-electron chi connectivity index (χ0n) is 13.5. The molecule has 1 fully saturated rings. The smallest absolute Gasteiger partial charge is 0.276 e. The molecule has 1 amide bonds. The van der Waals surface area contributed by atoms with Crippen LogP contribution in [0.3, 0.4) is 0 Å². The lowest BCUT2D eigenvalue weighted by Gasteiger charge is -2.24. The molecule has 1 saturated heterocycles. The number of carbonyl (C=O) groups excluding carboxylic acids is 1. The molecule has 1 aromatic rings. The van der Waals surface area contributed by atoms with Gasteiger partial charge in [0.25, 0.3) is 12.3 Å². The van der Waals surface area contributed by atoms with Crippen molar-refractivity contribution in [1.82, 2.24) is 25.2 Å².